The van der Waals surface area contributed by atoms with Crippen LogP contribution in [0, 0.1) is 5.92 Å². The van der Waals surface area contributed by atoms with E-state index in [1.807, 2.05) is 60.7 Å². The molecule has 0 spiro atoms. The third-order valence-electron chi connectivity index (χ3n) is 5.21. The highest BCUT2D eigenvalue weighted by Gasteiger charge is 2.28. The second-order valence-corrected chi connectivity index (χ2v) is 7.59. The number of hydrogen-bond acceptors (Lipinski definition) is 4. The Bertz CT molecular complexity index is 1060. The summed E-state index contributed by atoms with van der Waals surface area (Å²) >= 11 is 0. The number of carbonyl (C=O) groups is 2. The number of nitrogens with one attached hydrogen (secondary N) is 2. The molecule has 0 saturated carbocycles. The highest BCUT2D eigenvalue weighted by atomic mass is 16.5. The Kier molecular flexibility index (Phi) is 6.31. The molecule has 1 saturated heterocycles. The molecule has 2 aromatic carbocycles. The van der Waals surface area contributed by atoms with Crippen molar-refractivity contribution in [2.45, 2.75) is 26.2 Å². The van der Waals surface area contributed by atoms with Crippen LogP contribution in [-0.2, 0) is 9.59 Å². The van der Waals surface area contributed by atoms with E-state index in [0.717, 1.165) is 35.5 Å². The maximum Gasteiger partial charge on any atom is 0.230 e. The summed E-state index contributed by atoms with van der Waals surface area (Å²) < 4.78 is 7.67. The molecule has 0 aliphatic carbocycles. The SMILES string of the molecule is CCCCOc1cccc(-c2cc(NC(=O)[C@@H]3CNC(=O)C3)nn2-c2ccccc2)c1. The fourth-order valence-corrected chi connectivity index (χ4v) is 3.51. The molecule has 7 heteroatoms. The normalized spacial score (nSPS) is 15.5. The first-order valence-electron chi connectivity index (χ1n) is 10.6. The molecule has 0 radical (unpaired) electrons. The molecule has 1 aliphatic rings. The minimum Gasteiger partial charge on any atom is -0.494 e. The van der Waals surface area contributed by atoms with Crippen molar-refractivity contribution in [2.24, 2.45) is 5.92 Å². The molecule has 1 aromatic heterocycles. The van der Waals surface area contributed by atoms with Crippen LogP contribution < -0.4 is 15.4 Å². The number of para-hydroxylation sites is 1. The molecule has 0 bridgehead atoms. The number of benzene rings is 2. The molecule has 2 heterocycles. The lowest BCUT2D eigenvalue weighted by atomic mass is 10.1. The number of anilines is 1. The van der Waals surface area contributed by atoms with E-state index in [1.54, 1.807) is 4.68 Å². The first-order valence-corrected chi connectivity index (χ1v) is 10.6. The van der Waals surface area contributed by atoms with Crippen LogP contribution in [0.4, 0.5) is 5.82 Å². The van der Waals surface area contributed by atoms with Crippen LogP contribution in [0.15, 0.2) is 60.7 Å². The van der Waals surface area contributed by atoms with E-state index in [1.165, 1.54) is 0 Å². The molecule has 31 heavy (non-hydrogen) atoms. The Morgan fingerprint density at radius 1 is 1.19 bits per heavy atom. The summed E-state index contributed by atoms with van der Waals surface area (Å²) in [6, 6.07) is 19.5. The molecule has 7 nitrogen and oxygen atoms in total. The summed E-state index contributed by atoms with van der Waals surface area (Å²) in [6.45, 7) is 3.16. The number of unbranched alkanes of at least 4 members (excludes halogenated alkanes) is 1. The summed E-state index contributed by atoms with van der Waals surface area (Å²) in [5.41, 5.74) is 2.65. The van der Waals surface area contributed by atoms with E-state index in [-0.39, 0.29) is 24.2 Å². The van der Waals surface area contributed by atoms with E-state index in [2.05, 4.69) is 22.7 Å². The largest absolute Gasteiger partial charge is 0.494 e. The Labute approximate surface area is 181 Å². The molecule has 1 fully saturated rings. The first-order chi connectivity index (χ1) is 15.1. The average Bonchev–Trinajstić information content (AvgIpc) is 3.41. The minimum absolute atomic E-state index is 0.101. The molecule has 0 unspecified atom stereocenters. The van der Waals surface area contributed by atoms with Crippen LogP contribution in [0.1, 0.15) is 26.2 Å². The highest BCUT2D eigenvalue weighted by molar-refractivity contribution is 5.97. The van der Waals surface area contributed by atoms with Gasteiger partial charge < -0.3 is 15.4 Å². The van der Waals surface area contributed by atoms with Gasteiger partial charge >= 0.3 is 0 Å². The van der Waals surface area contributed by atoms with Crippen molar-refractivity contribution in [3.63, 3.8) is 0 Å². The van der Waals surface area contributed by atoms with Crippen molar-refractivity contribution in [1.82, 2.24) is 15.1 Å². The summed E-state index contributed by atoms with van der Waals surface area (Å²) in [4.78, 5) is 24.0. The van der Waals surface area contributed by atoms with Crippen molar-refractivity contribution in [1.29, 1.82) is 0 Å². The van der Waals surface area contributed by atoms with Crippen LogP contribution in [-0.4, -0.2) is 34.7 Å². The maximum atomic E-state index is 12.6. The quantitative estimate of drug-likeness (QED) is 0.545. The Morgan fingerprint density at radius 3 is 2.77 bits per heavy atom. The third kappa shape index (κ3) is 4.94. The van der Waals surface area contributed by atoms with Crippen molar-refractivity contribution < 1.29 is 14.3 Å². The molecule has 3 aromatic rings. The molecular weight excluding hydrogens is 392 g/mol. The topological polar surface area (TPSA) is 85.2 Å². The van der Waals surface area contributed by atoms with Gasteiger partial charge in [0.1, 0.15) is 5.75 Å². The van der Waals surface area contributed by atoms with Gasteiger partial charge in [-0.25, -0.2) is 4.68 Å². The van der Waals surface area contributed by atoms with Gasteiger partial charge in [0, 0.05) is 24.6 Å². The number of hydrogen-bond donors (Lipinski definition) is 2. The zero-order valence-electron chi connectivity index (χ0n) is 17.5. The van der Waals surface area contributed by atoms with Crippen LogP contribution in [0.3, 0.4) is 0 Å². The predicted molar refractivity (Wildman–Crippen MR) is 119 cm³/mol. The number of carbonyl (C=O) groups excluding carboxylic acids is 2. The van der Waals surface area contributed by atoms with Gasteiger partial charge in [0.05, 0.1) is 23.9 Å². The second-order valence-electron chi connectivity index (χ2n) is 7.59. The van der Waals surface area contributed by atoms with E-state index >= 15 is 0 Å². The second kappa shape index (κ2) is 9.47. The van der Waals surface area contributed by atoms with Gasteiger partial charge in [-0.3, -0.25) is 9.59 Å². The number of ether oxygens (including phenoxy) is 1. The van der Waals surface area contributed by atoms with Gasteiger partial charge in [-0.1, -0.05) is 43.7 Å². The van der Waals surface area contributed by atoms with Crippen molar-refractivity contribution in [3.8, 4) is 22.7 Å². The molecule has 1 atom stereocenters. The monoisotopic (exact) mass is 418 g/mol. The van der Waals surface area contributed by atoms with Gasteiger partial charge in [0.25, 0.3) is 0 Å². The molecule has 4 rings (SSSR count). The lowest BCUT2D eigenvalue weighted by Gasteiger charge is -2.10. The van der Waals surface area contributed by atoms with Gasteiger partial charge in [0.15, 0.2) is 5.82 Å². The zero-order chi connectivity index (χ0) is 21.6. The Balaban J connectivity index is 1.64. The first kappa shape index (κ1) is 20.7. The standard InChI is InChI=1S/C24H26N4O3/c1-2-3-12-31-20-11-7-8-17(13-20)21-15-22(26-24(30)18-14-23(29)25-16-18)27-28(21)19-9-5-4-6-10-19/h4-11,13,15,18H,2-3,12,14,16H2,1H3,(H,25,29)(H,26,27,30)/t18-/m0/s1. The summed E-state index contributed by atoms with van der Waals surface area (Å²) in [7, 11) is 0. The fourth-order valence-electron chi connectivity index (χ4n) is 3.51. The summed E-state index contributed by atoms with van der Waals surface area (Å²) in [5, 5.41) is 10.2. The van der Waals surface area contributed by atoms with E-state index in [4.69, 9.17) is 4.74 Å². The summed E-state index contributed by atoms with van der Waals surface area (Å²) in [5.74, 6) is 0.552. The van der Waals surface area contributed by atoms with Crippen molar-refractivity contribution >= 4 is 17.6 Å². The smallest absolute Gasteiger partial charge is 0.230 e. The van der Waals surface area contributed by atoms with Gasteiger partial charge in [-0.15, -0.1) is 5.10 Å². The molecule has 160 valence electrons. The molecule has 2 N–H and O–H groups in total. The molecule has 1 aliphatic heterocycles. The number of nitrogens with zero attached hydrogens (tertiary/aromatic N) is 2. The Hall–Kier alpha value is -3.61. The van der Waals surface area contributed by atoms with E-state index in [0.29, 0.717) is 19.0 Å². The fraction of sp³-hybridized carbons (Fsp3) is 0.292. The molecular formula is C24H26N4O3. The molecule has 2 amide bonds. The minimum atomic E-state index is -0.381. The summed E-state index contributed by atoms with van der Waals surface area (Å²) in [6.07, 6.45) is 2.28. The number of rotatable bonds is 8. The third-order valence-corrected chi connectivity index (χ3v) is 5.21. The number of amides is 2. The van der Waals surface area contributed by atoms with Gasteiger partial charge in [-0.2, -0.15) is 0 Å². The van der Waals surface area contributed by atoms with Crippen LogP contribution >= 0.6 is 0 Å². The lowest BCUT2D eigenvalue weighted by Crippen LogP contribution is -2.24. The zero-order valence-corrected chi connectivity index (χ0v) is 17.5. The van der Waals surface area contributed by atoms with E-state index < -0.39 is 0 Å². The van der Waals surface area contributed by atoms with Crippen LogP contribution in [0.2, 0.25) is 0 Å². The van der Waals surface area contributed by atoms with Crippen LogP contribution in [0.5, 0.6) is 5.75 Å². The van der Waals surface area contributed by atoms with Gasteiger partial charge in [-0.05, 0) is 30.7 Å². The van der Waals surface area contributed by atoms with Gasteiger partial charge in [0.2, 0.25) is 11.8 Å². The maximum absolute atomic E-state index is 12.6. The average molecular weight is 418 g/mol. The number of aromatic nitrogens is 2. The van der Waals surface area contributed by atoms with Crippen molar-refractivity contribution in [3.05, 3.63) is 60.7 Å². The predicted octanol–water partition coefficient (Wildman–Crippen LogP) is 3.79. The van der Waals surface area contributed by atoms with Crippen LogP contribution in [0.25, 0.3) is 16.9 Å². The van der Waals surface area contributed by atoms with Crippen molar-refractivity contribution in [2.75, 3.05) is 18.5 Å². The van der Waals surface area contributed by atoms with E-state index in [9.17, 15) is 9.59 Å². The lowest BCUT2D eigenvalue weighted by molar-refractivity contribution is -0.123. The Morgan fingerprint density at radius 2 is 2.03 bits per heavy atom. The highest BCUT2D eigenvalue weighted by Crippen LogP contribution is 2.29.